The van der Waals surface area contributed by atoms with Gasteiger partial charge in [-0.25, -0.2) is 24.4 Å². The molecule has 0 aliphatic carbocycles. The van der Waals surface area contributed by atoms with Gasteiger partial charge in [-0.2, -0.15) is 5.10 Å². The average Bonchev–Trinajstić information content (AvgIpc) is 3.50. The monoisotopic (exact) mass is 690 g/mol. The number of likely N-dealkylation sites (tertiary alicyclic amines) is 1. The molecule has 0 N–H and O–H groups in total. The molecule has 13 heteroatoms. The lowest BCUT2D eigenvalue weighted by atomic mass is 9.92. The largest absolute Gasteiger partial charge is 0.478 e. The average molecular weight is 691 g/mol. The van der Waals surface area contributed by atoms with Gasteiger partial charge in [0, 0.05) is 82.5 Å². The molecule has 0 bridgehead atoms. The Bertz CT molecular complexity index is 1560. The highest BCUT2D eigenvalue weighted by Crippen LogP contribution is 2.27. The van der Waals surface area contributed by atoms with E-state index in [9.17, 15) is 9.59 Å². The van der Waals surface area contributed by atoms with E-state index in [-0.39, 0.29) is 11.9 Å². The number of anilines is 1. The van der Waals surface area contributed by atoms with Crippen molar-refractivity contribution in [3.8, 4) is 5.88 Å². The lowest BCUT2D eigenvalue weighted by molar-refractivity contribution is -0.140. The van der Waals surface area contributed by atoms with Gasteiger partial charge < -0.3 is 24.3 Å². The minimum Gasteiger partial charge on any atom is -0.478 e. The fraction of sp³-hybridized carbons (Fsp3) is 0.676. The smallest absolute Gasteiger partial charge is 0.320 e. The maximum Gasteiger partial charge on any atom is 0.320 e. The molecule has 3 amide bonds. The second kappa shape index (κ2) is 16.3. The summed E-state index contributed by atoms with van der Waals surface area (Å²) in [6.07, 6.45) is 5.22. The third-order valence-corrected chi connectivity index (χ3v) is 9.89. The summed E-state index contributed by atoms with van der Waals surface area (Å²) in [5.74, 6) is 2.03. The molecular formula is C37H58N10O3. The molecule has 274 valence electrons. The van der Waals surface area contributed by atoms with Crippen molar-refractivity contribution in [3.05, 3.63) is 36.4 Å². The van der Waals surface area contributed by atoms with Crippen LogP contribution in [0.4, 0.5) is 10.6 Å². The van der Waals surface area contributed by atoms with Gasteiger partial charge in [0.15, 0.2) is 5.65 Å². The Hall–Kier alpha value is -4.00. The molecule has 2 saturated heterocycles. The summed E-state index contributed by atoms with van der Waals surface area (Å²) in [6.45, 7) is 24.3. The van der Waals surface area contributed by atoms with E-state index in [1.54, 1.807) is 6.33 Å². The molecule has 5 heterocycles. The zero-order chi connectivity index (χ0) is 36.0. The Labute approximate surface area is 298 Å². The van der Waals surface area contributed by atoms with Gasteiger partial charge in [0.2, 0.25) is 11.8 Å². The van der Waals surface area contributed by atoms with E-state index in [0.29, 0.717) is 63.2 Å². The van der Waals surface area contributed by atoms with E-state index in [2.05, 4.69) is 62.4 Å². The van der Waals surface area contributed by atoms with Crippen LogP contribution in [-0.2, 0) is 11.3 Å². The number of piperazine rings is 1. The Morgan fingerprint density at radius 2 is 1.62 bits per heavy atom. The number of carbonyl (C=O) groups excluding carboxylic acids is 2. The number of pyridine rings is 1. The highest BCUT2D eigenvalue weighted by atomic mass is 16.5. The minimum absolute atomic E-state index is 0.109. The number of hydrogen-bond donors (Lipinski definition) is 0. The molecular weight excluding hydrogens is 632 g/mol. The maximum absolute atomic E-state index is 13.6. The van der Waals surface area contributed by atoms with Gasteiger partial charge in [-0.15, -0.1) is 0 Å². The molecule has 3 aromatic rings. The first-order chi connectivity index (χ1) is 23.8. The number of hydrogen-bond acceptors (Lipinski definition) is 9. The molecule has 13 nitrogen and oxygen atoms in total. The zero-order valence-corrected chi connectivity index (χ0v) is 31.5. The number of aromatic nitrogens is 5. The van der Waals surface area contributed by atoms with Crippen LogP contribution in [0.3, 0.4) is 0 Å². The van der Waals surface area contributed by atoms with Gasteiger partial charge >= 0.3 is 6.03 Å². The quantitative estimate of drug-likeness (QED) is 0.269. The van der Waals surface area contributed by atoms with E-state index in [1.807, 2.05) is 66.6 Å². The summed E-state index contributed by atoms with van der Waals surface area (Å²) in [7, 11) is 0. The third kappa shape index (κ3) is 9.01. The van der Waals surface area contributed by atoms with Gasteiger partial charge in [0.25, 0.3) is 0 Å². The fourth-order valence-corrected chi connectivity index (χ4v) is 7.20. The Kier molecular flexibility index (Phi) is 12.2. The van der Waals surface area contributed by atoms with Crippen molar-refractivity contribution in [2.45, 2.75) is 86.9 Å². The van der Waals surface area contributed by atoms with Crippen LogP contribution in [0.2, 0.25) is 0 Å². The van der Waals surface area contributed by atoms with Gasteiger partial charge in [-0.3, -0.25) is 9.69 Å². The molecule has 0 aromatic carbocycles. The number of carbonyl (C=O) groups is 2. The summed E-state index contributed by atoms with van der Waals surface area (Å²) in [5, 5.41) is 5.50. The van der Waals surface area contributed by atoms with Crippen molar-refractivity contribution >= 4 is 28.8 Å². The normalized spacial score (nSPS) is 16.3. The van der Waals surface area contributed by atoms with Crippen molar-refractivity contribution in [3.63, 3.8) is 0 Å². The standard InChI is InChI=1S/C37H58N10O3/c1-9-50-32-12-10-11-30(41-32)25-47-34-31(23-40-47)33(38-26-39-34)42-17-19-44(20-18-42)36(49)43-15-13-29(14-16-43)24-45(35(48)37(6,7)8)21-22-46(27(2)3)28(4)5/h10-12,23,26-29H,9,13-22,24-25H2,1-8H3. The molecule has 0 unspecified atom stereocenters. The Morgan fingerprint density at radius 3 is 2.26 bits per heavy atom. The molecule has 2 fully saturated rings. The minimum atomic E-state index is -0.425. The first-order valence-electron chi connectivity index (χ1n) is 18.4. The second-order valence-electron chi connectivity index (χ2n) is 15.3. The summed E-state index contributed by atoms with van der Waals surface area (Å²) in [6, 6.07) is 6.70. The number of nitrogens with zero attached hydrogens (tertiary/aromatic N) is 10. The summed E-state index contributed by atoms with van der Waals surface area (Å²) in [5.41, 5.74) is 1.16. The van der Waals surface area contributed by atoms with Crippen LogP contribution >= 0.6 is 0 Å². The second-order valence-corrected chi connectivity index (χ2v) is 15.3. The third-order valence-electron chi connectivity index (χ3n) is 9.89. The lowest BCUT2D eigenvalue weighted by Gasteiger charge is -2.41. The van der Waals surface area contributed by atoms with Crippen molar-refractivity contribution in [2.75, 3.05) is 70.4 Å². The van der Waals surface area contributed by atoms with Crippen LogP contribution in [0.25, 0.3) is 11.0 Å². The summed E-state index contributed by atoms with van der Waals surface area (Å²) < 4.78 is 7.40. The predicted octanol–water partition coefficient (Wildman–Crippen LogP) is 4.62. The number of amides is 3. The SMILES string of the molecule is CCOc1cccc(Cn2ncc3c(N4CCN(C(=O)N5CCC(CN(CCN(C(C)C)C(C)C)C(=O)C(C)(C)C)CC5)CC4)ncnc32)n1. The van der Waals surface area contributed by atoms with Crippen molar-refractivity contribution in [1.29, 1.82) is 0 Å². The number of rotatable bonds is 12. The van der Waals surface area contributed by atoms with E-state index in [1.165, 1.54) is 0 Å². The molecule has 2 aliphatic rings. The molecule has 0 atom stereocenters. The van der Waals surface area contributed by atoms with Crippen molar-refractivity contribution in [1.82, 2.24) is 44.3 Å². The summed E-state index contributed by atoms with van der Waals surface area (Å²) >= 11 is 0. The predicted molar refractivity (Wildman–Crippen MR) is 196 cm³/mol. The molecule has 0 radical (unpaired) electrons. The molecule has 2 aliphatic heterocycles. The zero-order valence-electron chi connectivity index (χ0n) is 31.5. The van der Waals surface area contributed by atoms with Crippen LogP contribution in [-0.4, -0.2) is 134 Å². The van der Waals surface area contributed by atoms with Gasteiger partial charge in [-0.05, 0) is 59.4 Å². The van der Waals surface area contributed by atoms with Crippen LogP contribution in [0.15, 0.2) is 30.7 Å². The Balaban J connectivity index is 1.14. The molecule has 5 rings (SSSR count). The van der Waals surface area contributed by atoms with Crippen molar-refractivity contribution in [2.24, 2.45) is 11.3 Å². The van der Waals surface area contributed by atoms with E-state index in [4.69, 9.17) is 4.74 Å². The lowest BCUT2D eigenvalue weighted by Crippen LogP contribution is -2.55. The van der Waals surface area contributed by atoms with E-state index >= 15 is 0 Å². The summed E-state index contributed by atoms with van der Waals surface area (Å²) in [4.78, 5) is 51.6. The topological polar surface area (TPSA) is 116 Å². The van der Waals surface area contributed by atoms with Gasteiger partial charge in [0.1, 0.15) is 12.1 Å². The number of fused-ring (bicyclic) bond motifs is 1. The fourth-order valence-electron chi connectivity index (χ4n) is 7.20. The van der Waals surface area contributed by atoms with Gasteiger partial charge in [-0.1, -0.05) is 26.8 Å². The molecule has 0 saturated carbocycles. The maximum atomic E-state index is 13.6. The van der Waals surface area contributed by atoms with Gasteiger partial charge in [0.05, 0.1) is 30.4 Å². The number of urea groups is 1. The molecule has 50 heavy (non-hydrogen) atoms. The number of ether oxygens (including phenoxy) is 1. The highest BCUT2D eigenvalue weighted by molar-refractivity contribution is 5.87. The van der Waals surface area contributed by atoms with E-state index < -0.39 is 5.41 Å². The first-order valence-corrected chi connectivity index (χ1v) is 18.4. The van der Waals surface area contributed by atoms with E-state index in [0.717, 1.165) is 68.1 Å². The van der Waals surface area contributed by atoms with Crippen molar-refractivity contribution < 1.29 is 14.3 Å². The van der Waals surface area contributed by atoms with Crippen LogP contribution in [0, 0.1) is 11.3 Å². The molecule has 0 spiro atoms. The Morgan fingerprint density at radius 1 is 0.940 bits per heavy atom. The number of piperidine rings is 1. The highest BCUT2D eigenvalue weighted by Gasteiger charge is 2.33. The van der Waals surface area contributed by atoms with Crippen LogP contribution in [0.5, 0.6) is 5.88 Å². The molecule has 3 aromatic heterocycles. The van der Waals surface area contributed by atoms with Crippen LogP contribution in [0.1, 0.15) is 73.9 Å². The van der Waals surface area contributed by atoms with Crippen LogP contribution < -0.4 is 9.64 Å². The first kappa shape index (κ1) is 37.3.